The fourth-order valence-electron chi connectivity index (χ4n) is 3.08. The molecule has 9 heteroatoms. The molecule has 0 saturated carbocycles. The summed E-state index contributed by atoms with van der Waals surface area (Å²) in [5.41, 5.74) is 1.45. The minimum Gasteiger partial charge on any atom is -0.496 e. The van der Waals surface area contributed by atoms with Crippen molar-refractivity contribution in [3.05, 3.63) is 57.6 Å². The molecule has 28 heavy (non-hydrogen) atoms. The Morgan fingerprint density at radius 1 is 1.04 bits per heavy atom. The molecule has 2 aromatic carbocycles. The number of halogens is 2. The van der Waals surface area contributed by atoms with Crippen molar-refractivity contribution in [3.63, 3.8) is 0 Å². The summed E-state index contributed by atoms with van der Waals surface area (Å²) in [6.45, 7) is 2.83. The second-order valence-electron chi connectivity index (χ2n) is 6.46. The summed E-state index contributed by atoms with van der Waals surface area (Å²) >= 11 is 12.0. The van der Waals surface area contributed by atoms with Gasteiger partial charge in [-0.25, -0.2) is 8.42 Å². The van der Waals surface area contributed by atoms with Crippen LogP contribution in [-0.4, -0.2) is 56.8 Å². The van der Waals surface area contributed by atoms with E-state index in [2.05, 4.69) is 0 Å². The van der Waals surface area contributed by atoms with E-state index in [0.717, 1.165) is 5.56 Å². The number of methoxy groups -OCH3 is 1. The molecule has 1 amide bonds. The Morgan fingerprint density at radius 3 is 2.36 bits per heavy atom. The van der Waals surface area contributed by atoms with E-state index in [1.54, 1.807) is 24.1 Å². The number of amides is 1. The molecule has 0 atom stereocenters. The van der Waals surface area contributed by atoms with Gasteiger partial charge in [0, 0.05) is 36.8 Å². The monoisotopic (exact) mass is 442 g/mol. The number of nitrogens with zero attached hydrogens (tertiary/aromatic N) is 2. The highest BCUT2D eigenvalue weighted by Crippen LogP contribution is 2.28. The molecule has 0 aromatic heterocycles. The number of sulfonamides is 1. The van der Waals surface area contributed by atoms with Gasteiger partial charge < -0.3 is 9.64 Å². The van der Waals surface area contributed by atoms with Crippen molar-refractivity contribution in [2.24, 2.45) is 0 Å². The Labute approximate surface area is 174 Å². The van der Waals surface area contributed by atoms with Gasteiger partial charge in [0.05, 0.1) is 12.1 Å². The third kappa shape index (κ3) is 4.12. The summed E-state index contributed by atoms with van der Waals surface area (Å²) in [5.74, 6) is 0.485. The minimum absolute atomic E-state index is 0.0234. The summed E-state index contributed by atoms with van der Waals surface area (Å²) in [7, 11) is -2.23. The summed E-state index contributed by atoms with van der Waals surface area (Å²) < 4.78 is 32.4. The van der Waals surface area contributed by atoms with Crippen LogP contribution >= 0.6 is 23.2 Å². The molecule has 1 fully saturated rings. The molecule has 0 unspecified atom stereocenters. The van der Waals surface area contributed by atoms with Crippen LogP contribution in [0.3, 0.4) is 0 Å². The topological polar surface area (TPSA) is 66.9 Å². The molecule has 1 aliphatic rings. The van der Waals surface area contributed by atoms with Gasteiger partial charge in [-0.05, 0) is 42.8 Å². The quantitative estimate of drug-likeness (QED) is 0.726. The maximum absolute atomic E-state index is 12.9. The average Bonchev–Trinajstić information content (AvgIpc) is 2.69. The van der Waals surface area contributed by atoms with Gasteiger partial charge in [-0.2, -0.15) is 4.31 Å². The molecule has 0 N–H and O–H groups in total. The standard InChI is InChI=1S/C19H20Cl2N2O4S/c1-13-3-4-14(11-17(13)27-2)19(24)22-7-9-23(10-8-22)28(25,26)18-12-15(20)5-6-16(18)21/h3-6,11-12H,7-10H2,1-2H3. The van der Waals surface area contributed by atoms with Gasteiger partial charge in [0.1, 0.15) is 10.6 Å². The maximum atomic E-state index is 12.9. The molecule has 3 rings (SSSR count). The molecule has 1 aliphatic heterocycles. The lowest BCUT2D eigenvalue weighted by atomic mass is 10.1. The van der Waals surface area contributed by atoms with E-state index in [9.17, 15) is 13.2 Å². The number of carbonyl (C=O) groups is 1. The zero-order valence-corrected chi connectivity index (χ0v) is 17.8. The first kappa shape index (κ1) is 20.9. The number of carbonyl (C=O) groups excluding carboxylic acids is 1. The molecule has 1 saturated heterocycles. The first-order chi connectivity index (χ1) is 13.2. The Balaban J connectivity index is 1.73. The van der Waals surface area contributed by atoms with E-state index in [4.69, 9.17) is 27.9 Å². The first-order valence-corrected chi connectivity index (χ1v) is 10.8. The maximum Gasteiger partial charge on any atom is 0.254 e. The van der Waals surface area contributed by atoms with Crippen LogP contribution in [-0.2, 0) is 10.0 Å². The zero-order valence-electron chi connectivity index (χ0n) is 15.5. The van der Waals surface area contributed by atoms with Crippen LogP contribution in [0, 0.1) is 6.92 Å². The van der Waals surface area contributed by atoms with Crippen LogP contribution in [0.1, 0.15) is 15.9 Å². The molecule has 0 radical (unpaired) electrons. The molecule has 0 spiro atoms. The normalized spacial score (nSPS) is 15.5. The van der Waals surface area contributed by atoms with E-state index in [1.807, 2.05) is 13.0 Å². The van der Waals surface area contributed by atoms with Crippen molar-refractivity contribution < 1.29 is 17.9 Å². The second kappa shape index (κ2) is 8.29. The molecule has 150 valence electrons. The summed E-state index contributed by atoms with van der Waals surface area (Å²) in [4.78, 5) is 14.4. The van der Waals surface area contributed by atoms with E-state index < -0.39 is 10.0 Å². The van der Waals surface area contributed by atoms with Crippen LogP contribution in [0.4, 0.5) is 0 Å². The minimum atomic E-state index is -3.79. The predicted molar refractivity (Wildman–Crippen MR) is 109 cm³/mol. The van der Waals surface area contributed by atoms with Gasteiger partial charge in [-0.3, -0.25) is 4.79 Å². The van der Waals surface area contributed by atoms with Crippen LogP contribution in [0.25, 0.3) is 0 Å². The van der Waals surface area contributed by atoms with Crippen molar-refractivity contribution >= 4 is 39.1 Å². The SMILES string of the molecule is COc1cc(C(=O)N2CCN(S(=O)(=O)c3cc(Cl)ccc3Cl)CC2)ccc1C. The predicted octanol–water partition coefficient (Wildman–Crippen LogP) is 3.46. The van der Waals surface area contributed by atoms with Crippen LogP contribution in [0.2, 0.25) is 10.0 Å². The number of ether oxygens (including phenoxy) is 1. The van der Waals surface area contributed by atoms with Gasteiger partial charge in [0.15, 0.2) is 0 Å². The van der Waals surface area contributed by atoms with Crippen molar-refractivity contribution in [3.8, 4) is 5.75 Å². The molecule has 2 aromatic rings. The van der Waals surface area contributed by atoms with E-state index in [0.29, 0.717) is 16.3 Å². The third-order valence-corrected chi connectivity index (χ3v) is 7.31. The smallest absolute Gasteiger partial charge is 0.254 e. The lowest BCUT2D eigenvalue weighted by Gasteiger charge is -2.34. The van der Waals surface area contributed by atoms with Crippen molar-refractivity contribution in [1.82, 2.24) is 9.21 Å². The van der Waals surface area contributed by atoms with Gasteiger partial charge in [0.25, 0.3) is 5.91 Å². The van der Waals surface area contributed by atoms with Crippen molar-refractivity contribution in [1.29, 1.82) is 0 Å². The molecule has 6 nitrogen and oxygen atoms in total. The fourth-order valence-corrected chi connectivity index (χ4v) is 5.24. The molecule has 0 bridgehead atoms. The number of rotatable bonds is 4. The van der Waals surface area contributed by atoms with Gasteiger partial charge in [0.2, 0.25) is 10.0 Å². The van der Waals surface area contributed by atoms with Crippen LogP contribution in [0.15, 0.2) is 41.3 Å². The average molecular weight is 443 g/mol. The first-order valence-electron chi connectivity index (χ1n) is 8.63. The second-order valence-corrected chi connectivity index (χ2v) is 9.21. The van der Waals surface area contributed by atoms with Crippen LogP contribution < -0.4 is 4.74 Å². The van der Waals surface area contributed by atoms with Gasteiger partial charge in [-0.15, -0.1) is 0 Å². The van der Waals surface area contributed by atoms with E-state index >= 15 is 0 Å². The third-order valence-electron chi connectivity index (χ3n) is 4.69. The molecule has 0 aliphatic carbocycles. The van der Waals surface area contributed by atoms with E-state index in [1.165, 1.54) is 22.5 Å². The number of benzene rings is 2. The highest BCUT2D eigenvalue weighted by atomic mass is 35.5. The Hall–Kier alpha value is -1.80. The molecule has 1 heterocycles. The van der Waals surface area contributed by atoms with Crippen molar-refractivity contribution in [2.45, 2.75) is 11.8 Å². The number of aryl methyl sites for hydroxylation is 1. The highest BCUT2D eigenvalue weighted by Gasteiger charge is 2.32. The number of piperazine rings is 1. The lowest BCUT2D eigenvalue weighted by molar-refractivity contribution is 0.0697. The van der Waals surface area contributed by atoms with Crippen molar-refractivity contribution in [2.75, 3.05) is 33.3 Å². The van der Waals surface area contributed by atoms with E-state index in [-0.39, 0.29) is 42.0 Å². The lowest BCUT2D eigenvalue weighted by Crippen LogP contribution is -2.50. The fraction of sp³-hybridized carbons (Fsp3) is 0.316. The zero-order chi connectivity index (χ0) is 20.5. The molecular weight excluding hydrogens is 423 g/mol. The summed E-state index contributed by atoms with van der Waals surface area (Å²) in [6, 6.07) is 9.61. The highest BCUT2D eigenvalue weighted by molar-refractivity contribution is 7.89. The number of hydrogen-bond donors (Lipinski definition) is 0. The molecular formula is C19H20Cl2N2O4S. The van der Waals surface area contributed by atoms with Crippen LogP contribution in [0.5, 0.6) is 5.75 Å². The Morgan fingerprint density at radius 2 is 1.71 bits per heavy atom. The largest absolute Gasteiger partial charge is 0.496 e. The van der Waals surface area contributed by atoms with Gasteiger partial charge >= 0.3 is 0 Å². The van der Waals surface area contributed by atoms with Gasteiger partial charge in [-0.1, -0.05) is 29.3 Å². The Bertz CT molecular complexity index is 1000. The summed E-state index contributed by atoms with van der Waals surface area (Å²) in [6.07, 6.45) is 0. The number of hydrogen-bond acceptors (Lipinski definition) is 4. The summed E-state index contributed by atoms with van der Waals surface area (Å²) in [5, 5.41) is 0.416. The Kier molecular flexibility index (Phi) is 6.19.